The first kappa shape index (κ1) is 48.0. The van der Waals surface area contributed by atoms with Crippen LogP contribution in [0.2, 0.25) is 0 Å². The fraction of sp³-hybridized carbons (Fsp3) is 0.0976. The summed E-state index contributed by atoms with van der Waals surface area (Å²) in [5, 5.41) is 4.92. The van der Waals surface area contributed by atoms with Gasteiger partial charge in [-0.25, -0.2) is 0 Å². The van der Waals surface area contributed by atoms with E-state index in [-0.39, 0.29) is 10.8 Å². The number of nitrogens with zero attached hydrogens (tertiary/aromatic N) is 4. The van der Waals surface area contributed by atoms with Crippen molar-refractivity contribution in [1.29, 1.82) is 0 Å². The number of anilines is 10. The van der Waals surface area contributed by atoms with Crippen molar-refractivity contribution in [3.05, 3.63) is 311 Å². The van der Waals surface area contributed by atoms with Crippen molar-refractivity contribution in [2.45, 2.75) is 36.5 Å². The lowest BCUT2D eigenvalue weighted by Crippen LogP contribution is -2.25. The Labute approximate surface area is 501 Å². The van der Waals surface area contributed by atoms with Crippen LogP contribution in [0.5, 0.6) is 0 Å². The Morgan fingerprint density at radius 2 is 0.558 bits per heavy atom. The van der Waals surface area contributed by atoms with Crippen LogP contribution in [0.25, 0.3) is 66.1 Å². The van der Waals surface area contributed by atoms with E-state index in [1.165, 1.54) is 133 Å². The second-order valence-electron chi connectivity index (χ2n) is 25.0. The maximum Gasteiger partial charge on any atom is 0.0699 e. The molecule has 0 atom stereocenters. The summed E-state index contributed by atoms with van der Waals surface area (Å²) >= 11 is 0. The summed E-state index contributed by atoms with van der Waals surface area (Å²) in [6.45, 7) is 0. The van der Waals surface area contributed by atoms with Crippen LogP contribution in [-0.2, 0) is 36.5 Å². The van der Waals surface area contributed by atoms with Crippen molar-refractivity contribution in [3.8, 4) is 44.5 Å². The van der Waals surface area contributed by atoms with Crippen LogP contribution in [0, 0.1) is 0 Å². The van der Waals surface area contributed by atoms with Crippen molar-refractivity contribution in [2.24, 2.45) is 0 Å². The van der Waals surface area contributed by atoms with Crippen LogP contribution >= 0.6 is 0 Å². The minimum Gasteiger partial charge on any atom is -0.341 e. The van der Waals surface area contributed by atoms with E-state index in [4.69, 9.17) is 0 Å². The molecule has 0 aromatic heterocycles. The lowest BCUT2D eigenvalue weighted by atomic mass is 9.74. The van der Waals surface area contributed by atoms with Gasteiger partial charge in [0.05, 0.1) is 45.5 Å². The summed E-state index contributed by atoms with van der Waals surface area (Å²) < 4.78 is 0. The normalized spacial score (nSPS) is 15.5. The Morgan fingerprint density at radius 1 is 0.256 bits per heavy atom. The van der Waals surface area contributed by atoms with Gasteiger partial charge in [-0.15, -0.1) is 0 Å². The molecule has 0 fully saturated rings. The molecule has 406 valence electrons. The molecule has 0 unspecified atom stereocenters. The standard InChI is InChI=1S/C82H58N4/c1-83-71-27-11-15-31-75(71)85(76-32-16-12-28-72(76)83)57-37-41-63-65(45-57)79(51-35-39-61-59-23-7-9-25-67(59)81(69(61)43-51)47-53-19-3-4-20-54(53)48-81)64-42-38-58(86-77-33-17-13-29-73(77)84(2)74-30-14-18-34-78(74)86)46-66(64)80(63)52-36-40-62-60-24-8-10-26-68(60)82(70(62)44-52)49-55-21-5-6-22-56(55)50-82/h3-46H,47-50H2,1-2H3. The highest BCUT2D eigenvalue weighted by molar-refractivity contribution is 6.23. The molecule has 4 heteroatoms. The molecule has 19 rings (SSSR count). The van der Waals surface area contributed by atoms with Gasteiger partial charge in [-0.3, -0.25) is 0 Å². The van der Waals surface area contributed by atoms with E-state index in [1.807, 2.05) is 0 Å². The van der Waals surface area contributed by atoms with Crippen LogP contribution in [0.3, 0.4) is 0 Å². The Kier molecular flexibility index (Phi) is 9.81. The second-order valence-corrected chi connectivity index (χ2v) is 25.0. The molecule has 0 saturated carbocycles. The minimum atomic E-state index is -0.178. The third-order valence-electron chi connectivity index (χ3n) is 20.9. The number of fused-ring (bicyclic) bond motifs is 18. The number of benzene rings is 13. The zero-order chi connectivity index (χ0) is 56.6. The largest absolute Gasteiger partial charge is 0.341 e. The maximum absolute atomic E-state index is 2.62. The first-order valence-electron chi connectivity index (χ1n) is 30.5. The molecule has 0 bridgehead atoms. The lowest BCUT2D eigenvalue weighted by molar-refractivity contribution is 0.563. The molecular formula is C82H58N4. The monoisotopic (exact) mass is 1100 g/mol. The molecule has 2 aliphatic heterocycles. The van der Waals surface area contributed by atoms with E-state index in [0.29, 0.717) is 0 Å². The Bertz CT molecular complexity index is 4640. The molecule has 0 amide bonds. The van der Waals surface area contributed by atoms with Gasteiger partial charge in [0.15, 0.2) is 0 Å². The first-order valence-corrected chi connectivity index (χ1v) is 30.5. The predicted molar refractivity (Wildman–Crippen MR) is 358 cm³/mol. The number of para-hydroxylation sites is 8. The number of hydrogen-bond donors (Lipinski definition) is 0. The molecule has 0 radical (unpaired) electrons. The molecule has 4 nitrogen and oxygen atoms in total. The SMILES string of the molecule is CN1c2ccccc2N(c2ccc3c(-c4ccc5c(c4)C4(Cc6ccccc6C4)c4ccccc4-5)c4cc(N5c6ccccc6N(C)c6ccccc65)ccc4c(-c4ccc5c(c4)C4(Cc6ccccc6C4)c4ccccc4-5)c3c2)c2ccccc21. The second kappa shape index (κ2) is 17.6. The lowest BCUT2D eigenvalue weighted by Gasteiger charge is -2.39. The van der Waals surface area contributed by atoms with Gasteiger partial charge in [0.1, 0.15) is 0 Å². The Hall–Kier alpha value is -10.4. The van der Waals surface area contributed by atoms with Crippen LogP contribution in [0.1, 0.15) is 44.5 Å². The number of hydrogen-bond acceptors (Lipinski definition) is 4. The predicted octanol–water partition coefficient (Wildman–Crippen LogP) is 20.6. The molecule has 2 spiro atoms. The van der Waals surface area contributed by atoms with Gasteiger partial charge in [0.2, 0.25) is 0 Å². The maximum atomic E-state index is 2.62. The van der Waals surface area contributed by atoms with E-state index < -0.39 is 0 Å². The van der Waals surface area contributed by atoms with Crippen LogP contribution in [0.15, 0.2) is 267 Å². The summed E-state index contributed by atoms with van der Waals surface area (Å²) in [5.74, 6) is 0. The quantitative estimate of drug-likeness (QED) is 0.163. The third-order valence-corrected chi connectivity index (χ3v) is 20.9. The fourth-order valence-electron chi connectivity index (χ4n) is 17.1. The minimum absolute atomic E-state index is 0.178. The van der Waals surface area contributed by atoms with E-state index in [1.54, 1.807) is 0 Å². The number of rotatable bonds is 4. The third kappa shape index (κ3) is 6.43. The van der Waals surface area contributed by atoms with E-state index >= 15 is 0 Å². The molecule has 4 aliphatic carbocycles. The molecular weight excluding hydrogens is 1040 g/mol. The summed E-state index contributed by atoms with van der Waals surface area (Å²) in [4.78, 5) is 9.69. The van der Waals surface area contributed by atoms with Gasteiger partial charge in [-0.05, 0) is 221 Å². The smallest absolute Gasteiger partial charge is 0.0699 e. The van der Waals surface area contributed by atoms with E-state index in [0.717, 1.165) is 59.8 Å². The van der Waals surface area contributed by atoms with Crippen molar-refractivity contribution in [3.63, 3.8) is 0 Å². The molecule has 0 saturated heterocycles. The highest BCUT2D eigenvalue weighted by Gasteiger charge is 2.49. The van der Waals surface area contributed by atoms with Gasteiger partial charge < -0.3 is 19.6 Å². The summed E-state index contributed by atoms with van der Waals surface area (Å²) in [6, 6.07) is 102. The highest BCUT2D eigenvalue weighted by atomic mass is 15.3. The topological polar surface area (TPSA) is 13.0 Å². The Morgan fingerprint density at radius 3 is 0.919 bits per heavy atom. The average Bonchev–Trinajstić information content (AvgIpc) is 1.46. The molecule has 86 heavy (non-hydrogen) atoms. The highest BCUT2D eigenvalue weighted by Crippen LogP contribution is 2.61. The average molecular weight is 1100 g/mol. The summed E-state index contributed by atoms with van der Waals surface area (Å²) in [7, 11) is 4.40. The molecule has 2 heterocycles. The zero-order valence-corrected chi connectivity index (χ0v) is 48.0. The van der Waals surface area contributed by atoms with Gasteiger partial charge in [0.25, 0.3) is 0 Å². The summed E-state index contributed by atoms with van der Waals surface area (Å²) in [6.07, 6.45) is 3.93. The van der Waals surface area contributed by atoms with Gasteiger partial charge in [-0.1, -0.05) is 182 Å². The van der Waals surface area contributed by atoms with Crippen LogP contribution in [-0.4, -0.2) is 14.1 Å². The molecule has 6 aliphatic rings. The molecule has 0 N–H and O–H groups in total. The van der Waals surface area contributed by atoms with Gasteiger partial charge in [-0.2, -0.15) is 0 Å². The van der Waals surface area contributed by atoms with Crippen molar-refractivity contribution in [1.82, 2.24) is 0 Å². The van der Waals surface area contributed by atoms with Crippen molar-refractivity contribution in [2.75, 3.05) is 33.7 Å². The van der Waals surface area contributed by atoms with Crippen LogP contribution < -0.4 is 19.6 Å². The van der Waals surface area contributed by atoms with E-state index in [9.17, 15) is 0 Å². The van der Waals surface area contributed by atoms with Crippen molar-refractivity contribution >= 4 is 78.4 Å². The van der Waals surface area contributed by atoms with Crippen LogP contribution in [0.4, 0.5) is 56.9 Å². The molecule has 13 aromatic rings. The molecule has 13 aromatic carbocycles. The fourth-order valence-corrected chi connectivity index (χ4v) is 17.1. The van der Waals surface area contributed by atoms with E-state index in [2.05, 4.69) is 301 Å². The summed E-state index contributed by atoms with van der Waals surface area (Å²) in [5.41, 5.74) is 33.2. The van der Waals surface area contributed by atoms with Crippen molar-refractivity contribution < 1.29 is 0 Å². The Balaban J connectivity index is 0.924. The first-order chi connectivity index (χ1) is 42.4. The van der Waals surface area contributed by atoms with Gasteiger partial charge in [0, 0.05) is 36.3 Å². The van der Waals surface area contributed by atoms with Gasteiger partial charge >= 0.3 is 0 Å². The zero-order valence-electron chi connectivity index (χ0n) is 48.0.